The van der Waals surface area contributed by atoms with Crippen LogP contribution in [0, 0.1) is 0 Å². The van der Waals surface area contributed by atoms with E-state index in [4.69, 9.17) is 0 Å². The third-order valence-corrected chi connectivity index (χ3v) is 3.56. The summed E-state index contributed by atoms with van der Waals surface area (Å²) in [5, 5.41) is 6.53. The van der Waals surface area contributed by atoms with Crippen molar-refractivity contribution in [1.82, 2.24) is 14.9 Å². The number of hydrogen-bond donors (Lipinski definition) is 2. The van der Waals surface area contributed by atoms with Gasteiger partial charge in [-0.2, -0.15) is 4.98 Å². The predicted octanol–water partition coefficient (Wildman–Crippen LogP) is 1.80. The minimum atomic E-state index is 0.193. The highest BCUT2D eigenvalue weighted by molar-refractivity contribution is 5.42. The first-order chi connectivity index (χ1) is 8.71. The molecule has 5 nitrogen and oxygen atoms in total. The quantitative estimate of drug-likeness (QED) is 0.772. The van der Waals surface area contributed by atoms with Crippen molar-refractivity contribution >= 4 is 11.8 Å². The van der Waals surface area contributed by atoms with E-state index < -0.39 is 0 Å². The smallest absolute Gasteiger partial charge is 0.225 e. The molecule has 2 rings (SSSR count). The molecular formula is C13H23N5. The minimum Gasteiger partial charge on any atom is -0.373 e. The van der Waals surface area contributed by atoms with Crippen molar-refractivity contribution in [2.45, 2.75) is 32.2 Å². The fourth-order valence-corrected chi connectivity index (χ4v) is 2.14. The van der Waals surface area contributed by atoms with Crippen molar-refractivity contribution in [2.24, 2.45) is 0 Å². The van der Waals surface area contributed by atoms with Gasteiger partial charge in [0.2, 0.25) is 5.95 Å². The molecule has 1 aliphatic carbocycles. The van der Waals surface area contributed by atoms with E-state index in [-0.39, 0.29) is 5.54 Å². The SMILES string of the molecule is CCN(CC)CC1(Nc2nccc(NC)n2)CC1. The number of aromatic nitrogens is 2. The third kappa shape index (κ3) is 3.10. The summed E-state index contributed by atoms with van der Waals surface area (Å²) in [5.74, 6) is 1.58. The summed E-state index contributed by atoms with van der Waals surface area (Å²) in [6.45, 7) is 7.68. The molecule has 0 radical (unpaired) electrons. The maximum Gasteiger partial charge on any atom is 0.225 e. The molecule has 0 amide bonds. The van der Waals surface area contributed by atoms with Gasteiger partial charge in [-0.05, 0) is 32.0 Å². The van der Waals surface area contributed by atoms with Crippen molar-refractivity contribution in [3.8, 4) is 0 Å². The lowest BCUT2D eigenvalue weighted by molar-refractivity contribution is 0.283. The lowest BCUT2D eigenvalue weighted by Gasteiger charge is -2.26. The average Bonchev–Trinajstić information content (AvgIpc) is 3.16. The van der Waals surface area contributed by atoms with Crippen molar-refractivity contribution in [3.05, 3.63) is 12.3 Å². The van der Waals surface area contributed by atoms with Gasteiger partial charge in [0.25, 0.3) is 0 Å². The molecule has 0 spiro atoms. The molecule has 0 aliphatic heterocycles. The molecule has 1 fully saturated rings. The van der Waals surface area contributed by atoms with Gasteiger partial charge in [0.05, 0.1) is 5.54 Å². The number of likely N-dealkylation sites (N-methyl/N-ethyl adjacent to an activating group) is 1. The van der Waals surface area contributed by atoms with Crippen LogP contribution in [0.2, 0.25) is 0 Å². The van der Waals surface area contributed by atoms with E-state index in [1.165, 1.54) is 12.8 Å². The first-order valence-corrected chi connectivity index (χ1v) is 6.72. The topological polar surface area (TPSA) is 53.1 Å². The van der Waals surface area contributed by atoms with Gasteiger partial charge in [0, 0.05) is 19.8 Å². The van der Waals surface area contributed by atoms with Crippen LogP contribution in [-0.4, -0.2) is 47.1 Å². The highest BCUT2D eigenvalue weighted by Gasteiger charge is 2.44. The second-order valence-electron chi connectivity index (χ2n) is 4.88. The van der Waals surface area contributed by atoms with Crippen LogP contribution in [0.1, 0.15) is 26.7 Å². The van der Waals surface area contributed by atoms with Crippen LogP contribution >= 0.6 is 0 Å². The highest BCUT2D eigenvalue weighted by Crippen LogP contribution is 2.39. The molecule has 0 atom stereocenters. The fourth-order valence-electron chi connectivity index (χ4n) is 2.14. The summed E-state index contributed by atoms with van der Waals surface area (Å²) in [6, 6.07) is 1.87. The molecule has 100 valence electrons. The third-order valence-electron chi connectivity index (χ3n) is 3.56. The Morgan fingerprint density at radius 1 is 1.33 bits per heavy atom. The molecule has 1 saturated carbocycles. The van der Waals surface area contributed by atoms with Gasteiger partial charge >= 0.3 is 0 Å². The van der Waals surface area contributed by atoms with Crippen LogP contribution in [0.15, 0.2) is 12.3 Å². The zero-order valence-electron chi connectivity index (χ0n) is 11.5. The Hall–Kier alpha value is -1.36. The van der Waals surface area contributed by atoms with E-state index in [0.29, 0.717) is 0 Å². The highest BCUT2D eigenvalue weighted by atomic mass is 15.2. The molecule has 18 heavy (non-hydrogen) atoms. The summed E-state index contributed by atoms with van der Waals surface area (Å²) in [5.41, 5.74) is 0.193. The number of anilines is 2. The van der Waals surface area contributed by atoms with E-state index in [1.807, 2.05) is 13.1 Å². The summed E-state index contributed by atoms with van der Waals surface area (Å²) in [7, 11) is 1.87. The molecule has 0 unspecified atom stereocenters. The monoisotopic (exact) mass is 249 g/mol. The molecule has 1 heterocycles. The minimum absolute atomic E-state index is 0.193. The Balaban J connectivity index is 1.99. The number of hydrogen-bond acceptors (Lipinski definition) is 5. The zero-order chi connectivity index (χ0) is 13.0. The van der Waals surface area contributed by atoms with E-state index in [9.17, 15) is 0 Å². The van der Waals surface area contributed by atoms with E-state index >= 15 is 0 Å². The maximum atomic E-state index is 4.42. The van der Waals surface area contributed by atoms with Crippen LogP contribution in [-0.2, 0) is 0 Å². The second-order valence-corrected chi connectivity index (χ2v) is 4.88. The second kappa shape index (κ2) is 5.52. The van der Waals surface area contributed by atoms with Gasteiger partial charge in [0.1, 0.15) is 5.82 Å². The number of nitrogens with zero attached hydrogens (tertiary/aromatic N) is 3. The first kappa shape index (κ1) is 13.1. The number of rotatable bonds is 7. The summed E-state index contributed by atoms with van der Waals surface area (Å²) < 4.78 is 0. The summed E-state index contributed by atoms with van der Waals surface area (Å²) in [6.07, 6.45) is 4.20. The van der Waals surface area contributed by atoms with Gasteiger partial charge in [-0.3, -0.25) is 0 Å². The Bertz CT molecular complexity index is 385. The number of nitrogens with one attached hydrogen (secondary N) is 2. The van der Waals surface area contributed by atoms with Crippen LogP contribution in [0.5, 0.6) is 0 Å². The molecule has 1 aromatic rings. The molecule has 0 bridgehead atoms. The fraction of sp³-hybridized carbons (Fsp3) is 0.692. The van der Waals surface area contributed by atoms with E-state index in [2.05, 4.69) is 39.3 Å². The summed E-state index contributed by atoms with van der Waals surface area (Å²) in [4.78, 5) is 11.2. The standard InChI is InChI=1S/C13H23N5/c1-4-18(5-2)10-13(7-8-13)17-12-15-9-6-11(14-3)16-12/h6,9H,4-5,7-8,10H2,1-3H3,(H2,14,15,16,17). The van der Waals surface area contributed by atoms with Gasteiger partial charge in [-0.25, -0.2) is 4.98 Å². The Kier molecular flexibility index (Phi) is 4.01. The van der Waals surface area contributed by atoms with Crippen molar-refractivity contribution in [1.29, 1.82) is 0 Å². The Morgan fingerprint density at radius 3 is 2.61 bits per heavy atom. The average molecular weight is 249 g/mol. The molecule has 2 N–H and O–H groups in total. The van der Waals surface area contributed by atoms with Crippen LogP contribution in [0.4, 0.5) is 11.8 Å². The lowest BCUT2D eigenvalue weighted by Crippen LogP contribution is -2.38. The molecule has 1 aromatic heterocycles. The largest absolute Gasteiger partial charge is 0.373 e. The molecule has 0 saturated heterocycles. The van der Waals surface area contributed by atoms with Crippen LogP contribution < -0.4 is 10.6 Å². The van der Waals surface area contributed by atoms with Crippen molar-refractivity contribution in [2.75, 3.05) is 37.3 Å². The van der Waals surface area contributed by atoms with E-state index in [0.717, 1.165) is 31.4 Å². The Morgan fingerprint density at radius 2 is 2.06 bits per heavy atom. The van der Waals surface area contributed by atoms with Crippen molar-refractivity contribution < 1.29 is 0 Å². The van der Waals surface area contributed by atoms with Gasteiger partial charge in [-0.15, -0.1) is 0 Å². The van der Waals surface area contributed by atoms with E-state index in [1.54, 1.807) is 6.20 Å². The normalized spacial score (nSPS) is 16.7. The first-order valence-electron chi connectivity index (χ1n) is 6.72. The summed E-state index contributed by atoms with van der Waals surface area (Å²) >= 11 is 0. The van der Waals surface area contributed by atoms with Crippen LogP contribution in [0.25, 0.3) is 0 Å². The molecule has 1 aliphatic rings. The molecule has 0 aromatic carbocycles. The Labute approximate surface area is 109 Å². The van der Waals surface area contributed by atoms with Gasteiger partial charge in [0.15, 0.2) is 0 Å². The zero-order valence-corrected chi connectivity index (χ0v) is 11.5. The maximum absolute atomic E-state index is 4.42. The predicted molar refractivity (Wildman–Crippen MR) is 75.0 cm³/mol. The van der Waals surface area contributed by atoms with Gasteiger partial charge < -0.3 is 15.5 Å². The molecule has 5 heteroatoms. The van der Waals surface area contributed by atoms with Crippen LogP contribution in [0.3, 0.4) is 0 Å². The van der Waals surface area contributed by atoms with Gasteiger partial charge in [-0.1, -0.05) is 13.8 Å². The molecular weight excluding hydrogens is 226 g/mol. The lowest BCUT2D eigenvalue weighted by atomic mass is 10.2. The van der Waals surface area contributed by atoms with Crippen molar-refractivity contribution in [3.63, 3.8) is 0 Å².